The third-order valence-corrected chi connectivity index (χ3v) is 2.22. The Morgan fingerprint density at radius 3 is 2.82 bits per heavy atom. The molecule has 0 aliphatic carbocycles. The second-order valence-electron chi connectivity index (χ2n) is 3.83. The van der Waals surface area contributed by atoms with Crippen LogP contribution < -0.4 is 10.1 Å². The van der Waals surface area contributed by atoms with Crippen LogP contribution in [-0.2, 0) is 0 Å². The fourth-order valence-corrected chi connectivity index (χ4v) is 1.42. The first-order valence-corrected chi connectivity index (χ1v) is 6.09. The minimum Gasteiger partial charge on any atom is -0.478 e. The maximum Gasteiger partial charge on any atom is 0.226 e. The van der Waals surface area contributed by atoms with E-state index in [1.54, 1.807) is 0 Å². The molecule has 0 atom stereocenters. The highest BCUT2D eigenvalue weighted by molar-refractivity contribution is 5.30. The maximum absolute atomic E-state index is 8.64. The van der Waals surface area contributed by atoms with Gasteiger partial charge >= 0.3 is 0 Å². The van der Waals surface area contributed by atoms with Crippen LogP contribution in [0.3, 0.4) is 0 Å². The third kappa shape index (κ3) is 5.49. The van der Waals surface area contributed by atoms with Gasteiger partial charge < -0.3 is 15.2 Å². The number of hydrogen-bond donors (Lipinski definition) is 2. The van der Waals surface area contributed by atoms with Crippen LogP contribution in [-0.4, -0.2) is 34.8 Å². The summed E-state index contributed by atoms with van der Waals surface area (Å²) in [6, 6.07) is 1.83. The van der Waals surface area contributed by atoms with Crippen LogP contribution in [0, 0.1) is 6.92 Å². The third-order valence-electron chi connectivity index (χ3n) is 2.22. The van der Waals surface area contributed by atoms with E-state index in [0.717, 1.165) is 31.5 Å². The number of anilines is 1. The molecule has 0 spiro atoms. The molecule has 0 fully saturated rings. The van der Waals surface area contributed by atoms with Gasteiger partial charge in [0.2, 0.25) is 11.8 Å². The van der Waals surface area contributed by atoms with Crippen molar-refractivity contribution in [3.8, 4) is 5.88 Å². The maximum atomic E-state index is 8.64. The van der Waals surface area contributed by atoms with Crippen LogP contribution >= 0.6 is 0 Å². The summed E-state index contributed by atoms with van der Waals surface area (Å²) < 4.78 is 5.55. The van der Waals surface area contributed by atoms with Crippen LogP contribution in [0.25, 0.3) is 0 Å². The summed E-state index contributed by atoms with van der Waals surface area (Å²) in [6.45, 7) is 5.58. The van der Waals surface area contributed by atoms with Crippen molar-refractivity contribution in [2.24, 2.45) is 0 Å². The van der Waals surface area contributed by atoms with E-state index in [1.165, 1.54) is 0 Å². The minimum absolute atomic E-state index is 0.247. The summed E-state index contributed by atoms with van der Waals surface area (Å²) in [4.78, 5) is 8.49. The Morgan fingerprint density at radius 1 is 1.29 bits per heavy atom. The first-order valence-electron chi connectivity index (χ1n) is 6.09. The number of aryl methyl sites for hydroxylation is 1. The lowest BCUT2D eigenvalue weighted by molar-refractivity contribution is 0.262. The quantitative estimate of drug-likeness (QED) is 0.677. The summed E-state index contributed by atoms with van der Waals surface area (Å²) in [5.41, 5.74) is 0.890. The molecule has 0 aliphatic rings. The minimum atomic E-state index is 0.247. The van der Waals surface area contributed by atoms with E-state index in [2.05, 4.69) is 15.3 Å². The van der Waals surface area contributed by atoms with Crippen molar-refractivity contribution in [1.82, 2.24) is 9.97 Å². The Balaban J connectivity index is 2.41. The van der Waals surface area contributed by atoms with Crippen molar-refractivity contribution in [1.29, 1.82) is 0 Å². The molecular weight excluding hydrogens is 218 g/mol. The molecule has 1 aromatic rings. The molecule has 0 saturated carbocycles. The zero-order valence-electron chi connectivity index (χ0n) is 10.6. The Hall–Kier alpha value is -1.36. The predicted octanol–water partition coefficient (Wildman–Crippen LogP) is 1.76. The number of aliphatic hydroxyl groups is 1. The standard InChI is InChI=1S/C12H21N3O2/c1-3-13-12-14-10(2)9-11(15-12)17-8-6-4-5-7-16/h9,16H,3-8H2,1-2H3,(H,13,14,15). The molecule has 1 heterocycles. The van der Waals surface area contributed by atoms with Crippen molar-refractivity contribution in [3.05, 3.63) is 11.8 Å². The topological polar surface area (TPSA) is 67.3 Å². The Labute approximate surface area is 102 Å². The van der Waals surface area contributed by atoms with Crippen molar-refractivity contribution in [3.63, 3.8) is 0 Å². The van der Waals surface area contributed by atoms with E-state index in [4.69, 9.17) is 9.84 Å². The molecule has 5 nitrogen and oxygen atoms in total. The molecular formula is C12H21N3O2. The van der Waals surface area contributed by atoms with Gasteiger partial charge in [-0.2, -0.15) is 4.98 Å². The number of ether oxygens (including phenoxy) is 1. The first kappa shape index (κ1) is 13.7. The molecule has 5 heteroatoms. The van der Waals surface area contributed by atoms with Gasteiger partial charge in [-0.15, -0.1) is 0 Å². The zero-order valence-corrected chi connectivity index (χ0v) is 10.6. The van der Waals surface area contributed by atoms with Crippen molar-refractivity contribution >= 4 is 5.95 Å². The van der Waals surface area contributed by atoms with Crippen LogP contribution in [0.15, 0.2) is 6.07 Å². The molecule has 0 amide bonds. The summed E-state index contributed by atoms with van der Waals surface area (Å²) in [5.74, 6) is 1.22. The van der Waals surface area contributed by atoms with Gasteiger partial charge in [0.1, 0.15) is 0 Å². The van der Waals surface area contributed by atoms with E-state index in [9.17, 15) is 0 Å². The summed E-state index contributed by atoms with van der Waals surface area (Å²) in [6.07, 6.45) is 2.73. The number of nitrogens with zero attached hydrogens (tertiary/aromatic N) is 2. The van der Waals surface area contributed by atoms with Crippen LogP contribution in [0.2, 0.25) is 0 Å². The first-order chi connectivity index (χ1) is 8.26. The van der Waals surface area contributed by atoms with Crippen LogP contribution in [0.5, 0.6) is 5.88 Å². The lowest BCUT2D eigenvalue weighted by atomic mass is 10.2. The predicted molar refractivity (Wildman–Crippen MR) is 67.4 cm³/mol. The number of rotatable bonds is 8. The Kier molecular flexibility index (Phi) is 6.32. The zero-order chi connectivity index (χ0) is 12.5. The van der Waals surface area contributed by atoms with Gasteiger partial charge in [-0.25, -0.2) is 4.98 Å². The van der Waals surface area contributed by atoms with Crippen LogP contribution in [0.1, 0.15) is 31.9 Å². The largest absolute Gasteiger partial charge is 0.478 e. The average Bonchev–Trinajstić information content (AvgIpc) is 2.28. The van der Waals surface area contributed by atoms with Crippen molar-refractivity contribution in [2.75, 3.05) is 25.1 Å². The summed E-state index contributed by atoms with van der Waals surface area (Å²) in [5, 5.41) is 11.7. The Morgan fingerprint density at radius 2 is 2.12 bits per heavy atom. The van der Waals surface area contributed by atoms with Gasteiger partial charge in [0.05, 0.1) is 6.61 Å². The highest BCUT2D eigenvalue weighted by Crippen LogP contribution is 2.12. The van der Waals surface area contributed by atoms with Gasteiger partial charge in [0.15, 0.2) is 0 Å². The SMILES string of the molecule is CCNc1nc(C)cc(OCCCCCO)n1. The molecule has 0 radical (unpaired) electrons. The van der Waals surface area contributed by atoms with Crippen molar-refractivity contribution in [2.45, 2.75) is 33.1 Å². The smallest absolute Gasteiger partial charge is 0.226 e. The van der Waals surface area contributed by atoms with Gasteiger partial charge in [0, 0.05) is 24.9 Å². The van der Waals surface area contributed by atoms with E-state index >= 15 is 0 Å². The highest BCUT2D eigenvalue weighted by Gasteiger charge is 2.02. The molecule has 17 heavy (non-hydrogen) atoms. The van der Waals surface area contributed by atoms with Gasteiger partial charge in [-0.3, -0.25) is 0 Å². The van der Waals surface area contributed by atoms with Gasteiger partial charge in [0.25, 0.3) is 0 Å². The molecule has 2 N–H and O–H groups in total. The van der Waals surface area contributed by atoms with E-state index < -0.39 is 0 Å². The average molecular weight is 239 g/mol. The summed E-state index contributed by atoms with van der Waals surface area (Å²) in [7, 11) is 0. The molecule has 0 aliphatic heterocycles. The lowest BCUT2D eigenvalue weighted by Crippen LogP contribution is -2.06. The number of nitrogens with one attached hydrogen (secondary N) is 1. The van der Waals surface area contributed by atoms with Crippen molar-refractivity contribution < 1.29 is 9.84 Å². The summed E-state index contributed by atoms with van der Waals surface area (Å²) >= 11 is 0. The number of aliphatic hydroxyl groups excluding tert-OH is 1. The van der Waals surface area contributed by atoms with Crippen LogP contribution in [0.4, 0.5) is 5.95 Å². The number of unbranched alkanes of at least 4 members (excludes halogenated alkanes) is 2. The second kappa shape index (κ2) is 7.84. The second-order valence-corrected chi connectivity index (χ2v) is 3.83. The molecule has 0 unspecified atom stereocenters. The lowest BCUT2D eigenvalue weighted by Gasteiger charge is -2.08. The molecule has 1 rings (SSSR count). The van der Waals surface area contributed by atoms with Gasteiger partial charge in [-0.1, -0.05) is 0 Å². The fraction of sp³-hybridized carbons (Fsp3) is 0.667. The molecule has 1 aromatic heterocycles. The molecule has 0 saturated heterocycles. The highest BCUT2D eigenvalue weighted by atomic mass is 16.5. The molecule has 0 aromatic carbocycles. The van der Waals surface area contributed by atoms with Gasteiger partial charge in [-0.05, 0) is 33.1 Å². The fourth-order valence-electron chi connectivity index (χ4n) is 1.42. The van der Waals surface area contributed by atoms with E-state index in [0.29, 0.717) is 18.4 Å². The molecule has 0 bridgehead atoms. The normalized spacial score (nSPS) is 10.3. The van der Waals surface area contributed by atoms with E-state index in [1.807, 2.05) is 19.9 Å². The molecule has 96 valence electrons. The monoisotopic (exact) mass is 239 g/mol. The number of hydrogen-bond acceptors (Lipinski definition) is 5. The number of aromatic nitrogens is 2. The van der Waals surface area contributed by atoms with E-state index in [-0.39, 0.29) is 6.61 Å². The Bertz CT molecular complexity index is 332.